The van der Waals surface area contributed by atoms with Crippen LogP contribution in [0.25, 0.3) is 0 Å². The standard InChI is InChI=1S/C18H26N2O7S/c1-6-12-26-16(22)19(17(23)27-13-7-2)20(28(5,24)25)15-10-8-9-11-18(15,4)14(3)21/h6-8,10,15H,1-2,9,11-13H2,3-5H3/t15-,18-/m0/s1. The molecule has 0 aliphatic heterocycles. The Hall–Kier alpha value is -2.46. The summed E-state index contributed by atoms with van der Waals surface area (Å²) in [6.07, 6.45) is 4.86. The van der Waals surface area contributed by atoms with Crippen molar-refractivity contribution in [3.8, 4) is 0 Å². The highest BCUT2D eigenvalue weighted by Gasteiger charge is 2.50. The van der Waals surface area contributed by atoms with E-state index in [2.05, 4.69) is 13.2 Å². The van der Waals surface area contributed by atoms with E-state index < -0.39 is 33.7 Å². The van der Waals surface area contributed by atoms with Crippen molar-refractivity contribution in [2.45, 2.75) is 32.7 Å². The van der Waals surface area contributed by atoms with E-state index in [9.17, 15) is 22.8 Å². The summed E-state index contributed by atoms with van der Waals surface area (Å²) in [6.45, 7) is 9.21. The van der Waals surface area contributed by atoms with Crippen LogP contribution in [0.2, 0.25) is 0 Å². The molecule has 0 aromatic carbocycles. The molecule has 2 amide bonds. The van der Waals surface area contributed by atoms with Gasteiger partial charge in [-0.3, -0.25) is 4.79 Å². The van der Waals surface area contributed by atoms with Gasteiger partial charge in [-0.25, -0.2) is 18.0 Å². The summed E-state index contributed by atoms with van der Waals surface area (Å²) < 4.78 is 35.5. The van der Waals surface area contributed by atoms with Crippen molar-refractivity contribution in [2.24, 2.45) is 5.41 Å². The van der Waals surface area contributed by atoms with Crippen molar-refractivity contribution < 1.29 is 32.3 Å². The van der Waals surface area contributed by atoms with Gasteiger partial charge in [-0.1, -0.05) is 48.8 Å². The summed E-state index contributed by atoms with van der Waals surface area (Å²) in [5, 5.41) is 0.254. The molecule has 0 saturated heterocycles. The molecule has 1 aliphatic rings. The van der Waals surface area contributed by atoms with Crippen molar-refractivity contribution in [3.63, 3.8) is 0 Å². The van der Waals surface area contributed by atoms with Gasteiger partial charge < -0.3 is 9.47 Å². The fourth-order valence-corrected chi connectivity index (χ4v) is 3.91. The fraction of sp³-hybridized carbons (Fsp3) is 0.500. The minimum atomic E-state index is -4.21. The zero-order chi connectivity index (χ0) is 21.5. The van der Waals surface area contributed by atoms with E-state index in [-0.39, 0.29) is 24.0 Å². The average Bonchev–Trinajstić information content (AvgIpc) is 2.61. The highest BCUT2D eigenvalue weighted by Crippen LogP contribution is 2.38. The molecule has 0 N–H and O–H groups in total. The number of carbonyl (C=O) groups excluding carboxylic acids is 3. The van der Waals surface area contributed by atoms with E-state index in [1.807, 2.05) is 0 Å². The minimum absolute atomic E-state index is 0.254. The topological polar surface area (TPSA) is 110 Å². The molecule has 156 valence electrons. The molecule has 0 unspecified atom stereocenters. The largest absolute Gasteiger partial charge is 0.444 e. The summed E-state index contributed by atoms with van der Waals surface area (Å²) in [5.41, 5.74) is -1.16. The normalized spacial score (nSPS) is 21.6. The second-order valence-electron chi connectivity index (χ2n) is 6.46. The van der Waals surface area contributed by atoms with E-state index in [1.165, 1.54) is 25.2 Å². The first-order valence-corrected chi connectivity index (χ1v) is 10.4. The number of Topliss-reactive ketones (excluding diaryl/α,β-unsaturated/α-hetero) is 1. The second kappa shape index (κ2) is 9.65. The quantitative estimate of drug-likeness (QED) is 0.443. The van der Waals surface area contributed by atoms with E-state index in [4.69, 9.17) is 9.47 Å². The van der Waals surface area contributed by atoms with Crippen LogP contribution in [0, 0.1) is 5.41 Å². The third-order valence-corrected chi connectivity index (χ3v) is 5.45. The number of imide groups is 1. The van der Waals surface area contributed by atoms with Gasteiger partial charge in [0.25, 0.3) is 0 Å². The van der Waals surface area contributed by atoms with Crippen LogP contribution in [0.15, 0.2) is 37.5 Å². The van der Waals surface area contributed by atoms with Crippen molar-refractivity contribution in [1.82, 2.24) is 9.42 Å². The number of nitrogens with zero attached hydrogens (tertiary/aromatic N) is 2. The first-order chi connectivity index (χ1) is 13.0. The Labute approximate surface area is 165 Å². The molecular weight excluding hydrogens is 388 g/mol. The van der Waals surface area contributed by atoms with E-state index in [0.717, 1.165) is 6.26 Å². The molecule has 9 nitrogen and oxygen atoms in total. The summed E-state index contributed by atoms with van der Waals surface area (Å²) in [4.78, 5) is 37.4. The number of carbonyl (C=O) groups is 3. The highest BCUT2D eigenvalue weighted by molar-refractivity contribution is 7.88. The van der Waals surface area contributed by atoms with Crippen LogP contribution >= 0.6 is 0 Å². The van der Waals surface area contributed by atoms with Crippen LogP contribution in [0.3, 0.4) is 0 Å². The van der Waals surface area contributed by atoms with E-state index in [1.54, 1.807) is 13.0 Å². The zero-order valence-corrected chi connectivity index (χ0v) is 17.1. The van der Waals surface area contributed by atoms with E-state index >= 15 is 0 Å². The first kappa shape index (κ1) is 23.6. The molecule has 0 saturated carbocycles. The third kappa shape index (κ3) is 5.29. The number of ether oxygens (including phenoxy) is 2. The molecule has 0 aromatic rings. The predicted molar refractivity (Wildman–Crippen MR) is 103 cm³/mol. The second-order valence-corrected chi connectivity index (χ2v) is 8.30. The number of rotatable bonds is 8. The Kier molecular flexibility index (Phi) is 8.13. The Morgan fingerprint density at radius 3 is 2.07 bits per heavy atom. The molecule has 0 spiro atoms. The number of hydrogen-bond acceptors (Lipinski definition) is 7. The number of allylic oxidation sites excluding steroid dienone is 1. The third-order valence-electron chi connectivity index (χ3n) is 4.38. The van der Waals surface area contributed by atoms with Gasteiger partial charge in [0.15, 0.2) is 0 Å². The van der Waals surface area contributed by atoms with Gasteiger partial charge in [-0.2, -0.15) is 0 Å². The summed E-state index contributed by atoms with van der Waals surface area (Å²) in [6, 6.07) is -1.12. The maximum absolute atomic E-state index is 12.6. The Morgan fingerprint density at radius 2 is 1.68 bits per heavy atom. The Balaban J connectivity index is 3.55. The monoisotopic (exact) mass is 414 g/mol. The molecule has 1 rings (SSSR count). The average molecular weight is 414 g/mol. The van der Waals surface area contributed by atoms with Gasteiger partial charge in [-0.15, -0.1) is 5.01 Å². The molecular formula is C18H26N2O7S. The zero-order valence-electron chi connectivity index (χ0n) is 16.3. The number of hydrazine groups is 1. The van der Waals surface area contributed by atoms with Crippen molar-refractivity contribution >= 4 is 28.0 Å². The van der Waals surface area contributed by atoms with Gasteiger partial charge in [0.1, 0.15) is 19.0 Å². The molecule has 1 aliphatic carbocycles. The molecule has 2 atom stereocenters. The summed E-state index contributed by atoms with van der Waals surface area (Å²) >= 11 is 0. The van der Waals surface area contributed by atoms with Crippen LogP contribution in [0.4, 0.5) is 9.59 Å². The van der Waals surface area contributed by atoms with Gasteiger partial charge >= 0.3 is 12.2 Å². The van der Waals surface area contributed by atoms with Crippen molar-refractivity contribution in [3.05, 3.63) is 37.5 Å². The Morgan fingerprint density at radius 1 is 1.18 bits per heavy atom. The lowest BCUT2D eigenvalue weighted by Gasteiger charge is -2.43. The number of amides is 2. The first-order valence-electron chi connectivity index (χ1n) is 8.53. The molecule has 0 bridgehead atoms. The summed E-state index contributed by atoms with van der Waals surface area (Å²) in [7, 11) is -4.21. The minimum Gasteiger partial charge on any atom is -0.444 e. The maximum atomic E-state index is 12.6. The van der Waals surface area contributed by atoms with Gasteiger partial charge in [-0.05, 0) is 19.8 Å². The predicted octanol–water partition coefficient (Wildman–Crippen LogP) is 2.42. The molecule has 0 fully saturated rings. The summed E-state index contributed by atoms with van der Waals surface area (Å²) in [5.74, 6) is -0.283. The fourth-order valence-electron chi connectivity index (χ4n) is 2.77. The highest BCUT2D eigenvalue weighted by atomic mass is 32.2. The Bertz CT molecular complexity index is 751. The van der Waals surface area contributed by atoms with Crippen LogP contribution in [-0.2, 0) is 24.3 Å². The molecule has 0 radical (unpaired) electrons. The lowest BCUT2D eigenvalue weighted by Crippen LogP contribution is -2.62. The van der Waals surface area contributed by atoms with Crippen LogP contribution < -0.4 is 0 Å². The molecule has 0 heterocycles. The maximum Gasteiger partial charge on any atom is 0.435 e. The van der Waals surface area contributed by atoms with Crippen LogP contribution in [0.1, 0.15) is 26.7 Å². The van der Waals surface area contributed by atoms with Crippen molar-refractivity contribution in [2.75, 3.05) is 19.5 Å². The smallest absolute Gasteiger partial charge is 0.435 e. The van der Waals surface area contributed by atoms with Crippen LogP contribution in [0.5, 0.6) is 0 Å². The van der Waals surface area contributed by atoms with Gasteiger partial charge in [0, 0.05) is 5.41 Å². The number of ketones is 1. The van der Waals surface area contributed by atoms with E-state index in [0.29, 0.717) is 17.3 Å². The van der Waals surface area contributed by atoms with Crippen molar-refractivity contribution in [1.29, 1.82) is 0 Å². The van der Waals surface area contributed by atoms with Gasteiger partial charge in [0.2, 0.25) is 10.0 Å². The van der Waals surface area contributed by atoms with Gasteiger partial charge in [0.05, 0.1) is 12.3 Å². The lowest BCUT2D eigenvalue weighted by atomic mass is 9.72. The molecule has 0 aromatic heterocycles. The number of sulfonamides is 1. The number of hydrogen-bond donors (Lipinski definition) is 0. The lowest BCUT2D eigenvalue weighted by molar-refractivity contribution is -0.130. The van der Waals surface area contributed by atoms with Crippen LogP contribution in [-0.4, -0.2) is 61.3 Å². The molecule has 28 heavy (non-hydrogen) atoms. The SMILES string of the molecule is C=CCOC(=O)N(C(=O)OCC=C)N([C@H]1C=CCC[C@@]1(C)C(C)=O)S(C)(=O)=O. The molecule has 10 heteroatoms.